The molecule has 4 aromatic rings. The van der Waals surface area contributed by atoms with E-state index in [-0.39, 0.29) is 12.5 Å². The van der Waals surface area contributed by atoms with E-state index < -0.39 is 15.9 Å². The molecule has 1 amide bonds. The first-order chi connectivity index (χ1) is 16.3. The Morgan fingerprint density at radius 3 is 2.88 bits per heavy atom. The van der Waals surface area contributed by atoms with Gasteiger partial charge in [0.1, 0.15) is 15.8 Å². The van der Waals surface area contributed by atoms with Gasteiger partial charge in [-0.05, 0) is 43.3 Å². The number of aryl methyl sites for hydroxylation is 1. The van der Waals surface area contributed by atoms with Crippen molar-refractivity contribution in [3.05, 3.63) is 47.5 Å². The van der Waals surface area contributed by atoms with E-state index in [1.54, 1.807) is 35.4 Å². The lowest BCUT2D eigenvalue weighted by Gasteiger charge is -2.30. The number of hydrogen-bond acceptors (Lipinski definition) is 8. The molecule has 178 valence electrons. The van der Waals surface area contributed by atoms with Crippen LogP contribution in [0.15, 0.2) is 46.0 Å². The van der Waals surface area contributed by atoms with Crippen molar-refractivity contribution in [1.82, 2.24) is 19.1 Å². The van der Waals surface area contributed by atoms with Crippen LogP contribution in [-0.4, -0.2) is 53.6 Å². The van der Waals surface area contributed by atoms with Crippen LogP contribution in [0.4, 0.5) is 5.82 Å². The molecule has 1 unspecified atom stereocenters. The minimum absolute atomic E-state index is 0.153. The average Bonchev–Trinajstić information content (AvgIpc) is 3.58. The van der Waals surface area contributed by atoms with Crippen molar-refractivity contribution in [1.29, 1.82) is 0 Å². The third-order valence-electron chi connectivity index (χ3n) is 5.69. The first kappa shape index (κ1) is 23.0. The number of fused-ring (bicyclic) bond motifs is 1. The van der Waals surface area contributed by atoms with Gasteiger partial charge in [-0.15, -0.1) is 11.3 Å². The number of sulfonamides is 1. The Kier molecular flexibility index (Phi) is 6.15. The summed E-state index contributed by atoms with van der Waals surface area (Å²) in [4.78, 5) is 17.8. The number of rotatable bonds is 6. The Bertz CT molecular complexity index is 1440. The molecule has 1 fully saturated rings. The monoisotopic (exact) mass is 517 g/mol. The zero-order chi connectivity index (χ0) is 23.9. The summed E-state index contributed by atoms with van der Waals surface area (Å²) in [5.41, 5.74) is 1.52. The summed E-state index contributed by atoms with van der Waals surface area (Å²) in [5, 5.41) is 9.84. The van der Waals surface area contributed by atoms with Gasteiger partial charge in [0.15, 0.2) is 0 Å². The van der Waals surface area contributed by atoms with Gasteiger partial charge in [0.25, 0.3) is 10.0 Å². The van der Waals surface area contributed by atoms with Crippen LogP contribution in [0.2, 0.25) is 0 Å². The summed E-state index contributed by atoms with van der Waals surface area (Å²) < 4.78 is 35.4. The van der Waals surface area contributed by atoms with Crippen LogP contribution in [-0.2, 0) is 14.8 Å². The molecule has 1 aliphatic heterocycles. The van der Waals surface area contributed by atoms with Crippen LogP contribution in [0.3, 0.4) is 0 Å². The fraction of sp³-hybridized carbons (Fsp3) is 0.318. The highest BCUT2D eigenvalue weighted by Crippen LogP contribution is 2.31. The first-order valence-corrected chi connectivity index (χ1v) is 13.8. The number of hydrogen-bond donors (Lipinski definition) is 1. The molecule has 1 atom stereocenters. The van der Waals surface area contributed by atoms with Gasteiger partial charge in [0.2, 0.25) is 11.0 Å². The van der Waals surface area contributed by atoms with Gasteiger partial charge in [-0.3, -0.25) is 4.79 Å². The van der Waals surface area contributed by atoms with Crippen molar-refractivity contribution < 1.29 is 17.9 Å². The number of methoxy groups -OCH3 is 1. The standard InChI is InChI=1S/C22H23N5O4S3/c1-14-11-19(27(25-14)22-23-17-12-16(31-2)7-8-18(17)33-22)24-21(28)15-5-3-9-26(13-15)34(29,30)20-6-4-10-32-20/h4,6-8,10-12,15H,3,5,9,13H2,1-2H3,(H,24,28). The van der Waals surface area contributed by atoms with E-state index in [4.69, 9.17) is 4.74 Å². The second-order valence-corrected chi connectivity index (χ2v) is 12.2. The molecular weight excluding hydrogens is 494 g/mol. The predicted octanol–water partition coefficient (Wildman–Crippen LogP) is 3.90. The summed E-state index contributed by atoms with van der Waals surface area (Å²) in [6.45, 7) is 2.41. The smallest absolute Gasteiger partial charge is 0.252 e. The van der Waals surface area contributed by atoms with Crippen LogP contribution in [0.25, 0.3) is 15.3 Å². The molecule has 4 heterocycles. The summed E-state index contributed by atoms with van der Waals surface area (Å²) in [6.07, 6.45) is 1.25. The molecule has 1 aliphatic rings. The Labute approximate surface area is 205 Å². The first-order valence-electron chi connectivity index (χ1n) is 10.7. The lowest BCUT2D eigenvalue weighted by molar-refractivity contribution is -0.120. The van der Waals surface area contributed by atoms with Crippen LogP contribution in [0.1, 0.15) is 18.5 Å². The second kappa shape index (κ2) is 9.10. The molecule has 0 saturated carbocycles. The molecule has 12 heteroatoms. The van der Waals surface area contributed by atoms with Crippen molar-refractivity contribution in [2.24, 2.45) is 5.92 Å². The van der Waals surface area contributed by atoms with Gasteiger partial charge in [-0.1, -0.05) is 17.4 Å². The van der Waals surface area contributed by atoms with E-state index in [1.165, 1.54) is 27.0 Å². The molecule has 3 aromatic heterocycles. The van der Waals surface area contributed by atoms with Gasteiger partial charge in [0.05, 0.1) is 28.9 Å². The highest BCUT2D eigenvalue weighted by Gasteiger charge is 2.34. The number of carbonyl (C=O) groups excluding carboxylic acids is 1. The maximum atomic E-state index is 13.2. The van der Waals surface area contributed by atoms with E-state index in [1.807, 2.05) is 25.1 Å². The zero-order valence-electron chi connectivity index (χ0n) is 18.6. The topological polar surface area (TPSA) is 106 Å². The molecule has 1 aromatic carbocycles. The highest BCUT2D eigenvalue weighted by atomic mass is 32.2. The van der Waals surface area contributed by atoms with Crippen molar-refractivity contribution in [2.45, 2.75) is 24.0 Å². The lowest BCUT2D eigenvalue weighted by Crippen LogP contribution is -2.43. The number of nitrogens with one attached hydrogen (secondary N) is 1. The lowest BCUT2D eigenvalue weighted by atomic mass is 9.99. The van der Waals surface area contributed by atoms with Gasteiger partial charge in [-0.25, -0.2) is 13.4 Å². The average molecular weight is 518 g/mol. The number of thiazole rings is 1. The number of aromatic nitrogens is 3. The van der Waals surface area contributed by atoms with E-state index in [9.17, 15) is 13.2 Å². The van der Waals surface area contributed by atoms with E-state index in [0.717, 1.165) is 15.9 Å². The van der Waals surface area contributed by atoms with Gasteiger partial charge >= 0.3 is 0 Å². The fourth-order valence-corrected chi connectivity index (χ4v) is 7.57. The summed E-state index contributed by atoms with van der Waals surface area (Å²) in [5.74, 6) is 0.544. The Morgan fingerprint density at radius 2 is 2.12 bits per heavy atom. The maximum absolute atomic E-state index is 13.2. The zero-order valence-corrected chi connectivity index (χ0v) is 21.0. The van der Waals surface area contributed by atoms with Gasteiger partial charge in [0, 0.05) is 25.2 Å². The molecular formula is C22H23N5O4S3. The Hall–Kier alpha value is -2.80. The summed E-state index contributed by atoms with van der Waals surface area (Å²) >= 11 is 2.64. The third-order valence-corrected chi connectivity index (χ3v) is 9.94. The molecule has 0 bridgehead atoms. The third kappa shape index (κ3) is 4.33. The highest BCUT2D eigenvalue weighted by molar-refractivity contribution is 7.91. The Morgan fingerprint density at radius 1 is 1.26 bits per heavy atom. The number of carbonyl (C=O) groups is 1. The largest absolute Gasteiger partial charge is 0.497 e. The molecule has 1 saturated heterocycles. The molecule has 0 aliphatic carbocycles. The number of benzene rings is 1. The second-order valence-electron chi connectivity index (χ2n) is 8.04. The molecule has 0 spiro atoms. The van der Waals surface area contributed by atoms with Crippen LogP contribution >= 0.6 is 22.7 Å². The van der Waals surface area contributed by atoms with E-state index in [0.29, 0.717) is 40.3 Å². The minimum Gasteiger partial charge on any atom is -0.497 e. The van der Waals surface area contributed by atoms with Gasteiger partial charge < -0.3 is 10.1 Å². The number of piperidine rings is 1. The number of anilines is 1. The van der Waals surface area contributed by atoms with Crippen molar-refractivity contribution in [3.63, 3.8) is 0 Å². The van der Waals surface area contributed by atoms with Crippen molar-refractivity contribution in [3.8, 4) is 10.9 Å². The normalized spacial score (nSPS) is 17.2. The SMILES string of the molecule is COc1ccc2sc(-n3nc(C)cc3NC(=O)C3CCCN(S(=O)(=O)c4cccs4)C3)nc2c1. The molecule has 0 radical (unpaired) electrons. The number of thiophene rings is 1. The van der Waals surface area contributed by atoms with Crippen LogP contribution < -0.4 is 10.1 Å². The molecule has 9 nitrogen and oxygen atoms in total. The predicted molar refractivity (Wildman–Crippen MR) is 132 cm³/mol. The molecule has 1 N–H and O–H groups in total. The number of amides is 1. The van der Waals surface area contributed by atoms with Crippen molar-refractivity contribution >= 4 is 54.6 Å². The summed E-state index contributed by atoms with van der Waals surface area (Å²) in [6, 6.07) is 10.8. The van der Waals surface area contributed by atoms with E-state index >= 15 is 0 Å². The molecule has 5 rings (SSSR count). The van der Waals surface area contributed by atoms with Crippen LogP contribution in [0.5, 0.6) is 5.75 Å². The number of nitrogens with zero attached hydrogens (tertiary/aromatic N) is 4. The van der Waals surface area contributed by atoms with Crippen LogP contribution in [0, 0.1) is 12.8 Å². The van der Waals surface area contributed by atoms with E-state index in [2.05, 4.69) is 15.4 Å². The maximum Gasteiger partial charge on any atom is 0.252 e. The number of ether oxygens (including phenoxy) is 1. The van der Waals surface area contributed by atoms with Gasteiger partial charge in [-0.2, -0.15) is 14.1 Å². The van der Waals surface area contributed by atoms with Crippen molar-refractivity contribution in [2.75, 3.05) is 25.5 Å². The fourth-order valence-electron chi connectivity index (χ4n) is 3.99. The summed E-state index contributed by atoms with van der Waals surface area (Å²) in [7, 11) is -1.98. The Balaban J connectivity index is 1.36. The quantitative estimate of drug-likeness (QED) is 0.416. The molecule has 34 heavy (non-hydrogen) atoms. The minimum atomic E-state index is -3.59.